The van der Waals surface area contributed by atoms with E-state index < -0.39 is 5.97 Å². The first-order chi connectivity index (χ1) is 7.72. The summed E-state index contributed by atoms with van der Waals surface area (Å²) in [5.74, 6) is -0.530. The number of esters is 1. The van der Waals surface area contributed by atoms with E-state index in [-0.39, 0.29) is 17.7 Å². The number of carbonyl (C=O) groups is 1. The Morgan fingerprint density at radius 3 is 2.94 bits per heavy atom. The largest absolute Gasteiger partial charge is 0.462 e. The average Bonchev–Trinajstić information content (AvgIpc) is 2.28. The van der Waals surface area contributed by atoms with Crippen molar-refractivity contribution in [3.05, 3.63) is 33.2 Å². The van der Waals surface area contributed by atoms with E-state index in [4.69, 9.17) is 4.74 Å². The molecule has 4 heteroatoms. The third kappa shape index (κ3) is 2.01. The Hall–Kier alpha value is -1.58. The quantitative estimate of drug-likeness (QED) is 0.768. The van der Waals surface area contributed by atoms with Crippen molar-refractivity contribution in [3.8, 4) is 0 Å². The summed E-state index contributed by atoms with van der Waals surface area (Å²) < 4.78 is 4.84. The number of aromatic nitrogens is 1. The smallest absolute Gasteiger partial charge is 0.343 e. The van der Waals surface area contributed by atoms with Crippen molar-refractivity contribution in [2.45, 2.75) is 32.6 Å². The molecule has 0 fully saturated rings. The highest BCUT2D eigenvalue weighted by Crippen LogP contribution is 2.18. The summed E-state index contributed by atoms with van der Waals surface area (Å²) in [4.78, 5) is 25.9. The summed E-state index contributed by atoms with van der Waals surface area (Å²) in [6.45, 7) is 2.01. The molecule has 0 amide bonds. The molecule has 1 N–H and O–H groups in total. The Balaban J connectivity index is 2.39. The van der Waals surface area contributed by atoms with Crippen LogP contribution in [0.4, 0.5) is 0 Å². The van der Waals surface area contributed by atoms with Gasteiger partial charge in [-0.3, -0.25) is 4.79 Å². The fourth-order valence-corrected chi connectivity index (χ4v) is 2.04. The highest BCUT2D eigenvalue weighted by Gasteiger charge is 2.17. The molecule has 1 aliphatic carbocycles. The lowest BCUT2D eigenvalue weighted by Crippen LogP contribution is -2.23. The average molecular weight is 221 g/mol. The van der Waals surface area contributed by atoms with Crippen LogP contribution in [0.2, 0.25) is 0 Å². The maximum atomic E-state index is 11.7. The van der Waals surface area contributed by atoms with Gasteiger partial charge >= 0.3 is 5.97 Å². The van der Waals surface area contributed by atoms with Crippen LogP contribution >= 0.6 is 0 Å². The summed E-state index contributed by atoms with van der Waals surface area (Å²) in [5, 5.41) is 0. The maximum Gasteiger partial charge on any atom is 0.343 e. The number of aromatic amines is 1. The van der Waals surface area contributed by atoms with Crippen molar-refractivity contribution in [2.75, 3.05) is 6.61 Å². The van der Waals surface area contributed by atoms with Crippen LogP contribution in [-0.4, -0.2) is 17.6 Å². The van der Waals surface area contributed by atoms with Gasteiger partial charge in [-0.05, 0) is 44.2 Å². The fraction of sp³-hybridized carbons (Fsp3) is 0.500. The number of fused-ring (bicyclic) bond motifs is 1. The van der Waals surface area contributed by atoms with Crippen LogP contribution in [0.25, 0.3) is 0 Å². The summed E-state index contributed by atoms with van der Waals surface area (Å²) in [6.07, 6.45) is 4.04. The predicted molar refractivity (Wildman–Crippen MR) is 59.7 cm³/mol. The molecule has 1 aliphatic rings. The monoisotopic (exact) mass is 221 g/mol. The van der Waals surface area contributed by atoms with Gasteiger partial charge in [-0.25, -0.2) is 4.79 Å². The molecule has 0 unspecified atom stereocenters. The molecular formula is C12H15NO3. The number of pyridine rings is 1. The molecule has 0 spiro atoms. The first-order valence-electron chi connectivity index (χ1n) is 5.64. The molecule has 0 saturated carbocycles. The normalized spacial score (nSPS) is 14.3. The van der Waals surface area contributed by atoms with Crippen molar-refractivity contribution in [1.29, 1.82) is 0 Å². The van der Waals surface area contributed by atoms with E-state index in [9.17, 15) is 9.59 Å². The van der Waals surface area contributed by atoms with Crippen molar-refractivity contribution < 1.29 is 9.53 Å². The van der Waals surface area contributed by atoms with Crippen LogP contribution < -0.4 is 5.56 Å². The predicted octanol–water partition coefficient (Wildman–Crippen LogP) is 1.43. The van der Waals surface area contributed by atoms with E-state index in [0.29, 0.717) is 0 Å². The number of hydrogen-bond acceptors (Lipinski definition) is 3. The molecule has 86 valence electrons. The van der Waals surface area contributed by atoms with E-state index in [1.54, 1.807) is 13.0 Å². The lowest BCUT2D eigenvalue weighted by molar-refractivity contribution is 0.0524. The lowest BCUT2D eigenvalue weighted by atomic mass is 9.95. The van der Waals surface area contributed by atoms with Crippen molar-refractivity contribution in [3.63, 3.8) is 0 Å². The standard InChI is InChI=1S/C12H15NO3/c1-2-16-12(15)9-7-8-5-3-4-6-10(8)13-11(9)14/h7H,2-6H2,1H3,(H,13,14). The van der Waals surface area contributed by atoms with Gasteiger partial charge in [0.2, 0.25) is 0 Å². The molecule has 0 aromatic carbocycles. The Kier molecular flexibility index (Phi) is 3.08. The van der Waals surface area contributed by atoms with Crippen LogP contribution in [0, 0.1) is 0 Å². The highest BCUT2D eigenvalue weighted by atomic mass is 16.5. The Bertz CT molecular complexity index is 462. The van der Waals surface area contributed by atoms with Crippen LogP contribution in [0.3, 0.4) is 0 Å². The molecule has 0 aliphatic heterocycles. The summed E-state index contributed by atoms with van der Waals surface area (Å²) in [5.41, 5.74) is 1.85. The van der Waals surface area contributed by atoms with E-state index in [1.165, 1.54) is 0 Å². The number of carbonyl (C=O) groups excluding carboxylic acids is 1. The van der Waals surface area contributed by atoms with Crippen LogP contribution in [0.15, 0.2) is 10.9 Å². The maximum absolute atomic E-state index is 11.7. The zero-order valence-corrected chi connectivity index (χ0v) is 9.34. The van der Waals surface area contributed by atoms with Crippen molar-refractivity contribution in [1.82, 2.24) is 4.98 Å². The van der Waals surface area contributed by atoms with Crippen LogP contribution in [0.5, 0.6) is 0 Å². The van der Waals surface area contributed by atoms with Gasteiger partial charge in [-0.1, -0.05) is 0 Å². The number of aryl methyl sites for hydroxylation is 2. The molecule has 1 aromatic rings. The van der Waals surface area contributed by atoms with E-state index in [1.807, 2.05) is 0 Å². The molecule has 0 radical (unpaired) electrons. The minimum absolute atomic E-state index is 0.127. The first kappa shape index (κ1) is 10.9. The molecular weight excluding hydrogens is 206 g/mol. The van der Waals surface area contributed by atoms with Gasteiger partial charge in [-0.15, -0.1) is 0 Å². The van der Waals surface area contributed by atoms with Gasteiger partial charge in [-0.2, -0.15) is 0 Å². The molecule has 0 atom stereocenters. The van der Waals surface area contributed by atoms with Gasteiger partial charge in [0.25, 0.3) is 5.56 Å². The molecule has 0 bridgehead atoms. The number of H-pyrrole nitrogens is 1. The third-order valence-corrected chi connectivity index (χ3v) is 2.83. The second-order valence-electron chi connectivity index (χ2n) is 3.94. The van der Waals surface area contributed by atoms with E-state index in [0.717, 1.165) is 36.9 Å². The van der Waals surface area contributed by atoms with Crippen LogP contribution in [-0.2, 0) is 17.6 Å². The molecule has 4 nitrogen and oxygen atoms in total. The highest BCUT2D eigenvalue weighted by molar-refractivity contribution is 5.89. The zero-order chi connectivity index (χ0) is 11.5. The Labute approximate surface area is 93.6 Å². The summed E-state index contributed by atoms with van der Waals surface area (Å²) in [6, 6.07) is 1.69. The van der Waals surface area contributed by atoms with E-state index in [2.05, 4.69) is 4.98 Å². The number of nitrogens with one attached hydrogen (secondary N) is 1. The molecule has 1 heterocycles. The Morgan fingerprint density at radius 2 is 2.19 bits per heavy atom. The van der Waals surface area contributed by atoms with Crippen molar-refractivity contribution >= 4 is 5.97 Å². The number of ether oxygens (including phenoxy) is 1. The Morgan fingerprint density at radius 1 is 1.44 bits per heavy atom. The van der Waals surface area contributed by atoms with Gasteiger partial charge in [0.1, 0.15) is 5.56 Å². The van der Waals surface area contributed by atoms with E-state index >= 15 is 0 Å². The van der Waals surface area contributed by atoms with Gasteiger partial charge in [0.15, 0.2) is 0 Å². The minimum Gasteiger partial charge on any atom is -0.462 e. The number of hydrogen-bond donors (Lipinski definition) is 1. The molecule has 0 saturated heterocycles. The summed E-state index contributed by atoms with van der Waals surface area (Å²) >= 11 is 0. The third-order valence-electron chi connectivity index (χ3n) is 2.83. The molecule has 2 rings (SSSR count). The SMILES string of the molecule is CCOC(=O)c1cc2c([nH]c1=O)CCCC2. The zero-order valence-electron chi connectivity index (χ0n) is 9.34. The van der Waals surface area contributed by atoms with Gasteiger partial charge in [0, 0.05) is 5.69 Å². The lowest BCUT2D eigenvalue weighted by Gasteiger charge is -2.15. The summed E-state index contributed by atoms with van der Waals surface area (Å²) in [7, 11) is 0. The number of rotatable bonds is 2. The van der Waals surface area contributed by atoms with Crippen molar-refractivity contribution in [2.24, 2.45) is 0 Å². The second kappa shape index (κ2) is 4.51. The van der Waals surface area contributed by atoms with Gasteiger partial charge in [0.05, 0.1) is 6.61 Å². The van der Waals surface area contributed by atoms with Crippen LogP contribution in [0.1, 0.15) is 41.4 Å². The second-order valence-corrected chi connectivity index (χ2v) is 3.94. The van der Waals surface area contributed by atoms with Gasteiger partial charge < -0.3 is 9.72 Å². The first-order valence-corrected chi connectivity index (χ1v) is 5.64. The fourth-order valence-electron chi connectivity index (χ4n) is 2.04. The molecule has 1 aromatic heterocycles. The topological polar surface area (TPSA) is 59.2 Å². The minimum atomic E-state index is -0.530. The molecule has 16 heavy (non-hydrogen) atoms.